The molecule has 0 fully saturated rings. The zero-order valence-electron chi connectivity index (χ0n) is 12.9. The molecule has 3 N–H and O–H groups in total. The molecule has 124 valence electrons. The zero-order chi connectivity index (χ0) is 17.4. The number of fused-ring (bicyclic) bond motifs is 1. The van der Waals surface area contributed by atoms with Crippen LogP contribution < -0.4 is 14.9 Å². The third kappa shape index (κ3) is 2.26. The van der Waals surface area contributed by atoms with Crippen LogP contribution in [0.25, 0.3) is 22.3 Å². The summed E-state index contributed by atoms with van der Waals surface area (Å²) in [5.74, 6) is -1.25. The first kappa shape index (κ1) is 15.5. The highest BCUT2D eigenvalue weighted by atomic mass is 16.5. The van der Waals surface area contributed by atoms with E-state index in [0.717, 1.165) is 0 Å². The summed E-state index contributed by atoms with van der Waals surface area (Å²) in [6, 6.07) is 7.24. The highest BCUT2D eigenvalue weighted by molar-refractivity contribution is 5.91. The summed E-state index contributed by atoms with van der Waals surface area (Å²) in [6.45, 7) is 0. The Balaban J connectivity index is 2.43. The molecule has 2 aromatic carbocycles. The first-order chi connectivity index (χ1) is 11.5. The SMILES string of the molecule is COc1c(O)cc2oc(-c3cccc(O)c3)c(OC)c(=O)c2c1O. The van der Waals surface area contributed by atoms with Crippen LogP contribution in [0.15, 0.2) is 39.5 Å². The third-order valence-corrected chi connectivity index (χ3v) is 3.57. The minimum absolute atomic E-state index is 0.0160. The predicted molar refractivity (Wildman–Crippen MR) is 86.0 cm³/mol. The monoisotopic (exact) mass is 330 g/mol. The average Bonchev–Trinajstić information content (AvgIpc) is 2.54. The highest BCUT2D eigenvalue weighted by Crippen LogP contribution is 2.43. The highest BCUT2D eigenvalue weighted by Gasteiger charge is 2.23. The van der Waals surface area contributed by atoms with E-state index in [2.05, 4.69) is 0 Å². The van der Waals surface area contributed by atoms with Gasteiger partial charge in [0.1, 0.15) is 16.7 Å². The van der Waals surface area contributed by atoms with E-state index in [1.165, 1.54) is 32.4 Å². The second kappa shape index (κ2) is 5.69. The molecular formula is C17H14O7. The maximum atomic E-state index is 12.7. The number of hydrogen-bond acceptors (Lipinski definition) is 7. The summed E-state index contributed by atoms with van der Waals surface area (Å²) in [5.41, 5.74) is -0.275. The summed E-state index contributed by atoms with van der Waals surface area (Å²) in [5, 5.41) is 29.5. The number of methoxy groups -OCH3 is 2. The Morgan fingerprint density at radius 3 is 2.33 bits per heavy atom. The summed E-state index contributed by atoms with van der Waals surface area (Å²) in [7, 11) is 2.54. The van der Waals surface area contributed by atoms with Crippen molar-refractivity contribution in [2.24, 2.45) is 0 Å². The quantitative estimate of drug-likeness (QED) is 0.677. The molecule has 0 aliphatic rings. The molecule has 0 saturated heterocycles. The molecule has 0 spiro atoms. The van der Waals surface area contributed by atoms with Crippen LogP contribution in [0.1, 0.15) is 0 Å². The molecule has 0 radical (unpaired) electrons. The van der Waals surface area contributed by atoms with Crippen LogP contribution in [0, 0.1) is 0 Å². The number of aromatic hydroxyl groups is 3. The number of phenols is 3. The van der Waals surface area contributed by atoms with Crippen LogP contribution in [-0.4, -0.2) is 29.5 Å². The molecule has 7 nitrogen and oxygen atoms in total. The van der Waals surface area contributed by atoms with Gasteiger partial charge in [0.15, 0.2) is 17.3 Å². The molecule has 3 rings (SSSR count). The fourth-order valence-corrected chi connectivity index (χ4v) is 2.51. The van der Waals surface area contributed by atoms with Gasteiger partial charge in [-0.25, -0.2) is 0 Å². The summed E-state index contributed by atoms with van der Waals surface area (Å²) < 4.78 is 15.7. The number of benzene rings is 2. The summed E-state index contributed by atoms with van der Waals surface area (Å²) in [4.78, 5) is 12.7. The van der Waals surface area contributed by atoms with Crippen molar-refractivity contribution in [3.05, 3.63) is 40.6 Å². The Bertz CT molecular complexity index is 988. The van der Waals surface area contributed by atoms with Gasteiger partial charge < -0.3 is 29.2 Å². The molecule has 0 unspecified atom stereocenters. The molecule has 0 aliphatic heterocycles. The van der Waals surface area contributed by atoms with Crippen molar-refractivity contribution in [3.8, 4) is 40.1 Å². The molecule has 0 amide bonds. The minimum Gasteiger partial charge on any atom is -0.508 e. The van der Waals surface area contributed by atoms with Gasteiger partial charge in [-0.3, -0.25) is 4.79 Å². The van der Waals surface area contributed by atoms with Gasteiger partial charge in [0.2, 0.25) is 16.9 Å². The van der Waals surface area contributed by atoms with Crippen molar-refractivity contribution >= 4 is 11.0 Å². The average molecular weight is 330 g/mol. The number of ether oxygens (including phenoxy) is 2. The summed E-state index contributed by atoms with van der Waals surface area (Å²) >= 11 is 0. The van der Waals surface area contributed by atoms with Crippen LogP contribution >= 0.6 is 0 Å². The van der Waals surface area contributed by atoms with Crippen molar-refractivity contribution in [2.75, 3.05) is 14.2 Å². The predicted octanol–water partition coefficient (Wildman–Crippen LogP) is 2.59. The maximum absolute atomic E-state index is 12.7. The van der Waals surface area contributed by atoms with E-state index in [1.54, 1.807) is 12.1 Å². The normalized spacial score (nSPS) is 10.8. The third-order valence-electron chi connectivity index (χ3n) is 3.57. The number of rotatable bonds is 3. The van der Waals surface area contributed by atoms with Gasteiger partial charge in [-0.15, -0.1) is 0 Å². The van der Waals surface area contributed by atoms with Crippen molar-refractivity contribution in [2.45, 2.75) is 0 Å². The lowest BCUT2D eigenvalue weighted by molar-refractivity contribution is 0.345. The van der Waals surface area contributed by atoms with Gasteiger partial charge in [-0.05, 0) is 12.1 Å². The lowest BCUT2D eigenvalue weighted by Crippen LogP contribution is -2.08. The van der Waals surface area contributed by atoms with Crippen LogP contribution in [0.4, 0.5) is 0 Å². The topological polar surface area (TPSA) is 109 Å². The van der Waals surface area contributed by atoms with Gasteiger partial charge in [0, 0.05) is 11.6 Å². The molecule has 1 aromatic heterocycles. The second-order valence-electron chi connectivity index (χ2n) is 4.99. The Hall–Kier alpha value is -3.35. The van der Waals surface area contributed by atoms with Crippen LogP contribution in [-0.2, 0) is 0 Å². The zero-order valence-corrected chi connectivity index (χ0v) is 12.9. The molecule has 24 heavy (non-hydrogen) atoms. The Morgan fingerprint density at radius 1 is 1.00 bits per heavy atom. The first-order valence-electron chi connectivity index (χ1n) is 6.91. The molecular weight excluding hydrogens is 316 g/mol. The van der Waals surface area contributed by atoms with Crippen LogP contribution in [0.5, 0.6) is 28.7 Å². The summed E-state index contributed by atoms with van der Waals surface area (Å²) in [6.07, 6.45) is 0. The van der Waals surface area contributed by atoms with E-state index in [9.17, 15) is 20.1 Å². The van der Waals surface area contributed by atoms with E-state index < -0.39 is 11.2 Å². The molecule has 0 atom stereocenters. The van der Waals surface area contributed by atoms with Crippen molar-refractivity contribution in [1.82, 2.24) is 0 Å². The fraction of sp³-hybridized carbons (Fsp3) is 0.118. The maximum Gasteiger partial charge on any atom is 0.239 e. The molecule has 0 bridgehead atoms. The fourth-order valence-electron chi connectivity index (χ4n) is 2.51. The van der Waals surface area contributed by atoms with Crippen molar-refractivity contribution in [1.29, 1.82) is 0 Å². The molecule has 0 aliphatic carbocycles. The van der Waals surface area contributed by atoms with Crippen molar-refractivity contribution in [3.63, 3.8) is 0 Å². The molecule has 7 heteroatoms. The lowest BCUT2D eigenvalue weighted by Gasteiger charge is -2.12. The number of hydrogen-bond donors (Lipinski definition) is 3. The van der Waals surface area contributed by atoms with Gasteiger partial charge in [0.25, 0.3) is 0 Å². The van der Waals surface area contributed by atoms with Crippen molar-refractivity contribution < 1.29 is 29.2 Å². The smallest absolute Gasteiger partial charge is 0.239 e. The Labute approximate surface area is 135 Å². The van der Waals surface area contributed by atoms with E-state index in [-0.39, 0.29) is 39.7 Å². The lowest BCUT2D eigenvalue weighted by atomic mass is 10.1. The van der Waals surface area contributed by atoms with Gasteiger partial charge in [0.05, 0.1) is 14.2 Å². The largest absolute Gasteiger partial charge is 0.508 e. The standard InChI is InChI=1S/C17H14O7/c1-22-16-10(19)7-11-12(13(16)20)14(21)17(23-2)15(24-11)8-4-3-5-9(18)6-8/h3-7,18-20H,1-2H3. The first-order valence-corrected chi connectivity index (χ1v) is 6.91. The second-order valence-corrected chi connectivity index (χ2v) is 4.99. The van der Waals surface area contributed by atoms with E-state index in [4.69, 9.17) is 13.9 Å². The number of phenolic OH excluding ortho intramolecular Hbond substituents is 3. The van der Waals surface area contributed by atoms with Gasteiger partial charge >= 0.3 is 0 Å². The van der Waals surface area contributed by atoms with E-state index >= 15 is 0 Å². The minimum atomic E-state index is -0.632. The van der Waals surface area contributed by atoms with Gasteiger partial charge in [-0.2, -0.15) is 0 Å². The van der Waals surface area contributed by atoms with Crippen LogP contribution in [0.2, 0.25) is 0 Å². The molecule has 1 heterocycles. The molecule has 0 saturated carbocycles. The Kier molecular flexibility index (Phi) is 3.69. The van der Waals surface area contributed by atoms with Crippen LogP contribution in [0.3, 0.4) is 0 Å². The molecule has 3 aromatic rings. The van der Waals surface area contributed by atoms with Gasteiger partial charge in [-0.1, -0.05) is 12.1 Å². The van der Waals surface area contributed by atoms with E-state index in [1.807, 2.05) is 0 Å². The Morgan fingerprint density at radius 2 is 1.71 bits per heavy atom. The van der Waals surface area contributed by atoms with E-state index in [0.29, 0.717) is 5.56 Å².